The summed E-state index contributed by atoms with van der Waals surface area (Å²) >= 11 is 0. The Balaban J connectivity index is 2.17. The van der Waals surface area contributed by atoms with Crippen molar-refractivity contribution in [1.82, 2.24) is 5.32 Å². The number of hydrogen-bond donors (Lipinski definition) is 2. The van der Waals surface area contributed by atoms with Gasteiger partial charge >= 0.3 is 12.1 Å². The van der Waals surface area contributed by atoms with Crippen LogP contribution >= 0.6 is 0 Å². The predicted octanol–water partition coefficient (Wildman–Crippen LogP) is 2.48. The van der Waals surface area contributed by atoms with Crippen LogP contribution < -0.4 is 15.4 Å². The lowest BCUT2D eigenvalue weighted by Crippen LogP contribution is -2.33. The molecule has 0 saturated heterocycles. The lowest BCUT2D eigenvalue weighted by molar-refractivity contribution is -0.147. The molecule has 0 bridgehead atoms. The van der Waals surface area contributed by atoms with Crippen LogP contribution in [0.4, 0.5) is 10.5 Å². The van der Waals surface area contributed by atoms with E-state index in [4.69, 9.17) is 14.2 Å². The second-order valence-corrected chi connectivity index (χ2v) is 6.47. The number of anilines is 1. The monoisotopic (exact) mass is 366 g/mol. The van der Waals surface area contributed by atoms with Crippen molar-refractivity contribution < 1.29 is 28.6 Å². The van der Waals surface area contributed by atoms with E-state index in [1.807, 2.05) is 0 Å². The van der Waals surface area contributed by atoms with Gasteiger partial charge < -0.3 is 24.8 Å². The Bertz CT molecular complexity index is 607. The van der Waals surface area contributed by atoms with Gasteiger partial charge in [0.1, 0.15) is 11.4 Å². The average molecular weight is 366 g/mol. The zero-order valence-corrected chi connectivity index (χ0v) is 15.6. The fourth-order valence-corrected chi connectivity index (χ4v) is 1.83. The number of methoxy groups -OCH3 is 1. The van der Waals surface area contributed by atoms with Crippen LogP contribution in [-0.4, -0.2) is 43.8 Å². The van der Waals surface area contributed by atoms with Crippen molar-refractivity contribution in [3.63, 3.8) is 0 Å². The molecule has 1 aromatic carbocycles. The van der Waals surface area contributed by atoms with Gasteiger partial charge in [-0.3, -0.25) is 9.59 Å². The maximum absolute atomic E-state index is 11.7. The molecule has 26 heavy (non-hydrogen) atoms. The summed E-state index contributed by atoms with van der Waals surface area (Å²) in [5.74, 6) is -0.273. The molecule has 1 aromatic rings. The maximum Gasteiger partial charge on any atom is 0.407 e. The van der Waals surface area contributed by atoms with Gasteiger partial charge in [-0.05, 0) is 51.5 Å². The van der Waals surface area contributed by atoms with Gasteiger partial charge in [0.25, 0.3) is 5.91 Å². The van der Waals surface area contributed by atoms with E-state index in [0.717, 1.165) is 0 Å². The first-order chi connectivity index (χ1) is 12.2. The number of rotatable bonds is 8. The van der Waals surface area contributed by atoms with E-state index in [1.54, 1.807) is 52.1 Å². The Kier molecular flexibility index (Phi) is 8.41. The summed E-state index contributed by atoms with van der Waals surface area (Å²) in [6.45, 7) is 5.20. The Labute approximate surface area is 153 Å². The van der Waals surface area contributed by atoms with Crippen LogP contribution in [0, 0.1) is 0 Å². The molecule has 144 valence electrons. The summed E-state index contributed by atoms with van der Waals surface area (Å²) in [6, 6.07) is 6.78. The van der Waals surface area contributed by atoms with Gasteiger partial charge in [0.15, 0.2) is 6.61 Å². The molecule has 0 radical (unpaired) electrons. The van der Waals surface area contributed by atoms with Crippen molar-refractivity contribution in [2.75, 3.05) is 25.6 Å². The number of amides is 2. The minimum atomic E-state index is -0.569. The number of hydrogen-bond acceptors (Lipinski definition) is 6. The van der Waals surface area contributed by atoms with Gasteiger partial charge in [0, 0.05) is 18.7 Å². The van der Waals surface area contributed by atoms with Gasteiger partial charge in [-0.15, -0.1) is 0 Å². The minimum absolute atomic E-state index is 0.0889. The number of carbonyl (C=O) groups is 3. The van der Waals surface area contributed by atoms with Crippen molar-refractivity contribution in [2.45, 2.75) is 39.2 Å². The molecule has 0 atom stereocenters. The van der Waals surface area contributed by atoms with Gasteiger partial charge in [-0.1, -0.05) is 0 Å². The number of nitrogens with one attached hydrogen (secondary N) is 2. The Morgan fingerprint density at radius 3 is 2.31 bits per heavy atom. The van der Waals surface area contributed by atoms with Crippen LogP contribution in [0.25, 0.3) is 0 Å². The van der Waals surface area contributed by atoms with Gasteiger partial charge in [0.05, 0.1) is 7.11 Å². The topological polar surface area (TPSA) is 103 Å². The highest BCUT2D eigenvalue weighted by Crippen LogP contribution is 2.14. The number of ether oxygens (including phenoxy) is 3. The van der Waals surface area contributed by atoms with E-state index in [1.165, 1.54) is 0 Å². The fourth-order valence-electron chi connectivity index (χ4n) is 1.83. The van der Waals surface area contributed by atoms with Gasteiger partial charge in [0.2, 0.25) is 0 Å². The lowest BCUT2D eigenvalue weighted by Gasteiger charge is -2.19. The fraction of sp³-hybridized carbons (Fsp3) is 0.500. The van der Waals surface area contributed by atoms with Gasteiger partial charge in [-0.2, -0.15) is 0 Å². The van der Waals surface area contributed by atoms with Crippen molar-refractivity contribution in [1.29, 1.82) is 0 Å². The zero-order valence-electron chi connectivity index (χ0n) is 15.6. The molecule has 2 amide bonds. The molecule has 0 aliphatic carbocycles. The smallest absolute Gasteiger partial charge is 0.407 e. The van der Waals surface area contributed by atoms with Crippen LogP contribution in [0.15, 0.2) is 24.3 Å². The third-order valence-corrected chi connectivity index (χ3v) is 2.96. The molecule has 0 unspecified atom stereocenters. The summed E-state index contributed by atoms with van der Waals surface area (Å²) in [5.41, 5.74) is 0.00804. The molecule has 1 rings (SSSR count). The number of carbonyl (C=O) groups excluding carboxylic acids is 3. The minimum Gasteiger partial charge on any atom is -0.497 e. The molecule has 0 aromatic heterocycles. The molecule has 8 nitrogen and oxygen atoms in total. The van der Waals surface area contributed by atoms with Crippen LogP contribution in [0.5, 0.6) is 5.75 Å². The van der Waals surface area contributed by atoms with E-state index in [2.05, 4.69) is 10.6 Å². The predicted molar refractivity (Wildman–Crippen MR) is 96.1 cm³/mol. The molecule has 0 aliphatic heterocycles. The molecule has 0 aliphatic rings. The molecule has 0 spiro atoms. The molecular formula is C18H26N2O6. The summed E-state index contributed by atoms with van der Waals surface area (Å²) in [6.07, 6.45) is -0.0613. The van der Waals surface area contributed by atoms with Crippen molar-refractivity contribution in [3.8, 4) is 5.75 Å². The SMILES string of the molecule is COc1ccc(NC(=O)COC(=O)CCCNC(=O)OC(C)(C)C)cc1. The molecule has 0 fully saturated rings. The van der Waals surface area contributed by atoms with Crippen LogP contribution in [0.3, 0.4) is 0 Å². The highest BCUT2D eigenvalue weighted by molar-refractivity contribution is 5.92. The number of esters is 1. The third-order valence-electron chi connectivity index (χ3n) is 2.96. The normalized spacial score (nSPS) is 10.6. The molecule has 8 heteroatoms. The van der Waals surface area contributed by atoms with Crippen molar-refractivity contribution in [2.24, 2.45) is 0 Å². The first-order valence-corrected chi connectivity index (χ1v) is 8.26. The second kappa shape index (κ2) is 10.3. The van der Waals surface area contributed by atoms with Crippen LogP contribution in [0.2, 0.25) is 0 Å². The Hall–Kier alpha value is -2.77. The average Bonchev–Trinajstić information content (AvgIpc) is 2.56. The van der Waals surface area contributed by atoms with Crippen molar-refractivity contribution >= 4 is 23.7 Å². The third kappa shape index (κ3) is 9.51. The van der Waals surface area contributed by atoms with Gasteiger partial charge in [-0.25, -0.2) is 4.79 Å². The largest absolute Gasteiger partial charge is 0.497 e. The summed E-state index contributed by atoms with van der Waals surface area (Å²) in [7, 11) is 1.55. The Morgan fingerprint density at radius 1 is 1.08 bits per heavy atom. The van der Waals surface area contributed by atoms with E-state index < -0.39 is 23.6 Å². The highest BCUT2D eigenvalue weighted by Gasteiger charge is 2.15. The quantitative estimate of drug-likeness (QED) is 0.541. The summed E-state index contributed by atoms with van der Waals surface area (Å²) in [4.78, 5) is 34.7. The first-order valence-electron chi connectivity index (χ1n) is 8.26. The standard InChI is InChI=1S/C18H26N2O6/c1-18(2,3)26-17(23)19-11-5-6-16(22)25-12-15(21)20-13-7-9-14(24-4)10-8-13/h7-10H,5-6,11-12H2,1-4H3,(H,19,23)(H,20,21). The lowest BCUT2D eigenvalue weighted by atomic mass is 10.2. The molecule has 0 saturated carbocycles. The first kappa shape index (κ1) is 21.3. The molecular weight excluding hydrogens is 340 g/mol. The van der Waals surface area contributed by atoms with E-state index in [0.29, 0.717) is 17.9 Å². The van der Waals surface area contributed by atoms with E-state index >= 15 is 0 Å². The molecule has 2 N–H and O–H groups in total. The second-order valence-electron chi connectivity index (χ2n) is 6.47. The Morgan fingerprint density at radius 2 is 1.73 bits per heavy atom. The highest BCUT2D eigenvalue weighted by atomic mass is 16.6. The number of alkyl carbamates (subject to hydrolysis) is 1. The molecule has 0 heterocycles. The summed E-state index contributed by atoms with van der Waals surface area (Å²) in [5, 5.41) is 5.15. The van der Waals surface area contributed by atoms with E-state index in [-0.39, 0.29) is 19.6 Å². The van der Waals surface area contributed by atoms with Crippen LogP contribution in [-0.2, 0) is 19.1 Å². The van der Waals surface area contributed by atoms with Crippen molar-refractivity contribution in [3.05, 3.63) is 24.3 Å². The van der Waals surface area contributed by atoms with Crippen LogP contribution in [0.1, 0.15) is 33.6 Å². The zero-order chi connectivity index (χ0) is 19.6. The maximum atomic E-state index is 11.7. The summed E-state index contributed by atoms with van der Waals surface area (Å²) < 4.78 is 15.0. The van der Waals surface area contributed by atoms with E-state index in [9.17, 15) is 14.4 Å². The number of benzene rings is 1.